The molecule has 7 aromatic carbocycles. The highest BCUT2D eigenvalue weighted by atomic mass is 35.5. The number of halogens is 7. The topological polar surface area (TPSA) is 307 Å². The third-order valence-electron chi connectivity index (χ3n) is 21.9. The predicted molar refractivity (Wildman–Crippen MR) is 477 cm³/mol. The maximum atomic E-state index is 13.3. The Kier molecular flexibility index (Phi) is 27.3. The quantitative estimate of drug-likeness (QED) is 0.116. The Morgan fingerprint density at radius 2 is 0.697 bits per heavy atom. The monoisotopic (exact) mass is 1770 g/mol. The Balaban J connectivity index is 0.000000141. The first-order chi connectivity index (χ1) is 58.6. The second kappa shape index (κ2) is 38.1. The first-order valence-electron chi connectivity index (χ1n) is 38.5. The van der Waals surface area contributed by atoms with Gasteiger partial charge in [0, 0.05) is 208 Å². The van der Waals surface area contributed by atoms with Gasteiger partial charge in [-0.2, -0.15) is 21.0 Å². The maximum absolute atomic E-state index is 13.3. The number of nitriles is 4. The Labute approximate surface area is 734 Å². The van der Waals surface area contributed by atoms with Gasteiger partial charge in [-0.1, -0.05) is 105 Å². The van der Waals surface area contributed by atoms with Crippen molar-refractivity contribution in [1.82, 2.24) is 47.9 Å². The highest BCUT2D eigenvalue weighted by Gasteiger charge is 2.33. The molecule has 122 heavy (non-hydrogen) atoms. The summed E-state index contributed by atoms with van der Waals surface area (Å²) in [6.07, 6.45) is 1.44. The average molecular weight is 1780 g/mol. The molecule has 0 atom stereocenters. The number of carbonyl (C=O) groups is 4. The molecule has 12 aromatic rings. The number of hydrogen-bond acceptors (Lipinski definition) is 19. The van der Waals surface area contributed by atoms with Crippen LogP contribution >= 0.6 is 81.2 Å². The molecule has 0 unspecified atom stereocenters. The minimum Gasteiger partial charge on any atom is -0.366 e. The summed E-state index contributed by atoms with van der Waals surface area (Å²) in [6, 6.07) is 51.8. The van der Waals surface area contributed by atoms with E-state index in [-0.39, 0.29) is 73.9 Å². The number of amides is 4. The fourth-order valence-corrected chi connectivity index (χ4v) is 16.6. The second-order valence-corrected chi connectivity index (χ2v) is 32.3. The van der Waals surface area contributed by atoms with E-state index >= 15 is 0 Å². The van der Waals surface area contributed by atoms with Crippen LogP contribution in [-0.2, 0) is 27.7 Å². The van der Waals surface area contributed by atoms with E-state index in [0.29, 0.717) is 203 Å². The molecule has 34 heteroatoms. The summed E-state index contributed by atoms with van der Waals surface area (Å²) < 4.78 is 11.0. The summed E-state index contributed by atoms with van der Waals surface area (Å²) in [7, 11) is 8.83. The number of fused-ring (bicyclic) bond motifs is 4. The van der Waals surface area contributed by atoms with E-state index in [1.165, 1.54) is 26.0 Å². The molecule has 622 valence electrons. The molecule has 4 aliphatic rings. The Morgan fingerprint density at radius 3 is 1.07 bits per heavy atom. The van der Waals surface area contributed by atoms with Crippen LogP contribution in [-0.4, -0.2) is 197 Å². The van der Waals surface area contributed by atoms with Crippen LogP contribution in [0.1, 0.15) is 63.9 Å². The van der Waals surface area contributed by atoms with Crippen molar-refractivity contribution < 1.29 is 23.7 Å². The van der Waals surface area contributed by atoms with Crippen molar-refractivity contribution in [3.05, 3.63) is 279 Å². The molecule has 5 aromatic heterocycles. The minimum absolute atomic E-state index is 0.0659. The molecule has 0 saturated carbocycles. The van der Waals surface area contributed by atoms with Gasteiger partial charge in [0.05, 0.1) is 61.1 Å². The minimum atomic E-state index is -0.360. The summed E-state index contributed by atoms with van der Waals surface area (Å²) >= 11 is 42.6. The molecule has 4 fully saturated rings. The molecular formula is C88H77Cl7N18O9. The number of nitrogens with zero attached hydrogens (tertiary/aromatic N) is 18. The number of carbonyl (C=O) groups excluding carboxylic acids is 4. The van der Waals surface area contributed by atoms with Crippen molar-refractivity contribution in [2.45, 2.75) is 6.54 Å². The van der Waals surface area contributed by atoms with Crippen molar-refractivity contribution in [2.24, 2.45) is 21.1 Å². The van der Waals surface area contributed by atoms with E-state index in [4.69, 9.17) is 85.7 Å². The van der Waals surface area contributed by atoms with Gasteiger partial charge in [-0.3, -0.25) is 38.4 Å². The van der Waals surface area contributed by atoms with E-state index < -0.39 is 0 Å². The SMILES string of the molecule is CN(C)CCn1c(=O)c(C#N)c(N2CCN(C(=O)c3ccc(Cl)cc3)CC2)c2cc(Cl)ccc21.Cn1c(=O)c(C#N)c(N2CCN(C(=O)c3ccc(Cl)c(Cl)c3)CC2)c2cc(Cl)ccc21.Cn1c(=O)c(C#N)c(N2CCN(C(=O)c3ccc(Cl)cc3)CC2)c2cc(Cl)ccc21.Cn1c(=O)c(C#N)c(N2CCN(C(=O)c3ccno3)CC2)c2ccccc21. The summed E-state index contributed by atoms with van der Waals surface area (Å²) in [5, 5.41) is 49.1. The smallest absolute Gasteiger partial charge is 0.292 e. The molecule has 4 aliphatic heterocycles. The van der Waals surface area contributed by atoms with Crippen LogP contribution in [0.2, 0.25) is 35.2 Å². The fraction of sp³-hybridized carbons (Fsp3) is 0.261. The maximum Gasteiger partial charge on any atom is 0.292 e. The molecule has 27 nitrogen and oxygen atoms in total. The van der Waals surface area contributed by atoms with Gasteiger partial charge in [0.2, 0.25) is 5.76 Å². The summed E-state index contributed by atoms with van der Waals surface area (Å²) in [5.74, 6) is -0.273. The van der Waals surface area contributed by atoms with Crippen molar-refractivity contribution in [1.29, 1.82) is 21.0 Å². The van der Waals surface area contributed by atoms with E-state index in [1.54, 1.807) is 155 Å². The van der Waals surface area contributed by atoms with Gasteiger partial charge >= 0.3 is 0 Å². The van der Waals surface area contributed by atoms with Crippen LogP contribution in [0.15, 0.2) is 182 Å². The van der Waals surface area contributed by atoms with Gasteiger partial charge in [0.15, 0.2) is 0 Å². The largest absolute Gasteiger partial charge is 0.366 e. The van der Waals surface area contributed by atoms with Gasteiger partial charge in [-0.05, 0) is 141 Å². The first kappa shape index (κ1) is 87.4. The van der Waals surface area contributed by atoms with Gasteiger partial charge in [0.1, 0.15) is 46.5 Å². The summed E-state index contributed by atoms with van der Waals surface area (Å²) in [5.41, 5.74) is 5.97. The number of para-hydroxylation sites is 1. The van der Waals surface area contributed by atoms with Crippen LogP contribution in [0.3, 0.4) is 0 Å². The average Bonchev–Trinajstić information content (AvgIpc) is 0.872. The van der Waals surface area contributed by atoms with E-state index in [2.05, 4.69) is 29.4 Å². The number of aromatic nitrogens is 5. The lowest BCUT2D eigenvalue weighted by atomic mass is 10.1. The summed E-state index contributed by atoms with van der Waals surface area (Å²) in [6.45, 7) is 8.78. The number of anilines is 4. The molecular weight excluding hydrogens is 1700 g/mol. The van der Waals surface area contributed by atoms with Crippen LogP contribution in [0, 0.1) is 45.3 Å². The zero-order valence-corrected chi connectivity index (χ0v) is 71.9. The third-order valence-corrected chi connectivity index (χ3v) is 23.8. The molecule has 0 spiro atoms. The van der Waals surface area contributed by atoms with Crippen LogP contribution < -0.4 is 41.8 Å². The van der Waals surface area contributed by atoms with Gasteiger partial charge < -0.3 is 66.9 Å². The van der Waals surface area contributed by atoms with Crippen LogP contribution in [0.5, 0.6) is 0 Å². The number of aryl methyl sites for hydroxylation is 3. The predicted octanol–water partition coefficient (Wildman–Crippen LogP) is 13.1. The zero-order valence-electron chi connectivity index (χ0n) is 66.6. The Morgan fingerprint density at radius 1 is 0.369 bits per heavy atom. The lowest BCUT2D eigenvalue weighted by Crippen LogP contribution is -2.49. The Hall–Kier alpha value is -12.4. The van der Waals surface area contributed by atoms with Crippen LogP contribution in [0.4, 0.5) is 22.7 Å². The highest BCUT2D eigenvalue weighted by molar-refractivity contribution is 6.42. The highest BCUT2D eigenvalue weighted by Crippen LogP contribution is 2.37. The van der Waals surface area contributed by atoms with Crippen molar-refractivity contribution in [3.63, 3.8) is 0 Å². The van der Waals surface area contributed by atoms with Gasteiger partial charge in [-0.15, -0.1) is 0 Å². The standard InChI is InChI=1S/C25H25Cl2N5O2.C22H17Cl3N4O2.C22H18Cl2N4O2.C19H17N5O3/c1-29(2)9-14-32-22-8-7-19(27)15-20(22)23(21(16-28)25(32)34)30-10-12-31(13-11-30)24(33)17-3-5-18(26)6-4-17;1-27-19-5-3-14(23)11-15(19)20(16(12-26)22(27)31)28-6-8-29(9-7-28)21(30)13-2-4-17(24)18(25)10-13;1-26-19-7-6-16(24)12-17(19)20(18(13-25)22(26)30)27-8-10-28(11-9-27)21(29)14-2-4-15(23)5-3-14;1-22-15-5-3-2-4-13(15)17(14(12-20)18(22)25)23-8-10-24(11-9-23)19(26)16-6-7-21-27-16/h3-8,15H,9-14H2,1-2H3;2-5,10-11H,6-9H2,1H3;2-7,12H,8-11H2,1H3;2-7H,8-11H2,1H3. The molecule has 4 amide bonds. The number of hydrogen-bond donors (Lipinski definition) is 0. The van der Waals surface area contributed by atoms with Crippen molar-refractivity contribution >= 4 is 171 Å². The van der Waals surface area contributed by atoms with Crippen molar-refractivity contribution in [3.8, 4) is 24.3 Å². The molecule has 0 radical (unpaired) electrons. The number of piperazine rings is 4. The molecule has 0 bridgehead atoms. The molecule has 9 heterocycles. The summed E-state index contributed by atoms with van der Waals surface area (Å²) in [4.78, 5) is 119. The van der Waals surface area contributed by atoms with Crippen molar-refractivity contribution in [2.75, 3.05) is 145 Å². The fourth-order valence-electron chi connectivity index (χ4n) is 15.5. The zero-order chi connectivity index (χ0) is 87.1. The lowest BCUT2D eigenvalue weighted by Gasteiger charge is -2.37. The number of rotatable bonds is 11. The lowest BCUT2D eigenvalue weighted by molar-refractivity contribution is 0.0702. The number of pyridine rings is 4. The first-order valence-corrected chi connectivity index (χ1v) is 41.2. The molecule has 0 aliphatic carbocycles. The molecule has 16 rings (SSSR count). The van der Waals surface area contributed by atoms with Crippen LogP contribution in [0.25, 0.3) is 43.6 Å². The molecule has 4 saturated heterocycles. The Bertz CT molecular complexity index is 6540. The van der Waals surface area contributed by atoms with E-state index in [1.807, 2.05) is 75.0 Å². The second-order valence-electron chi connectivity index (χ2n) is 29.3. The number of benzene rings is 7. The van der Waals surface area contributed by atoms with Gasteiger partial charge in [0.25, 0.3) is 45.9 Å². The van der Waals surface area contributed by atoms with E-state index in [0.717, 1.165) is 32.6 Å². The van der Waals surface area contributed by atoms with Gasteiger partial charge in [-0.25, -0.2) is 0 Å². The normalized spacial score (nSPS) is 14.1. The third kappa shape index (κ3) is 18.3. The molecule has 0 N–H and O–H groups in total. The van der Waals surface area contributed by atoms with E-state index in [9.17, 15) is 59.4 Å². The number of likely N-dealkylation sites (N-methyl/N-ethyl adjacent to an activating group) is 1.